The molecular formula is C22H19ClN2O2. The van der Waals surface area contributed by atoms with E-state index in [9.17, 15) is 5.11 Å². The quantitative estimate of drug-likeness (QED) is 0.521. The molecule has 0 aliphatic rings. The maximum atomic E-state index is 10.9. The molecule has 1 heterocycles. The van der Waals surface area contributed by atoms with Gasteiger partial charge in [-0.1, -0.05) is 54.1 Å². The summed E-state index contributed by atoms with van der Waals surface area (Å²) in [4.78, 5) is 4.67. The van der Waals surface area contributed by atoms with Crippen LogP contribution in [0.2, 0.25) is 5.02 Å². The highest BCUT2D eigenvalue weighted by Gasteiger charge is 2.19. The van der Waals surface area contributed by atoms with Crippen molar-refractivity contribution in [3.8, 4) is 5.75 Å². The molecule has 1 aromatic heterocycles. The number of ether oxygens (including phenoxy) is 1. The Morgan fingerprint density at radius 1 is 0.926 bits per heavy atom. The van der Waals surface area contributed by atoms with E-state index in [1.165, 1.54) is 0 Å². The molecule has 0 spiro atoms. The molecule has 0 fully saturated rings. The van der Waals surface area contributed by atoms with Gasteiger partial charge in [0, 0.05) is 5.02 Å². The molecule has 4 aromatic rings. The molecule has 1 atom stereocenters. The topological polar surface area (TPSA) is 47.3 Å². The van der Waals surface area contributed by atoms with Crippen LogP contribution in [-0.2, 0) is 6.54 Å². The number of benzene rings is 3. The number of hydrogen-bond donors (Lipinski definition) is 1. The lowest BCUT2D eigenvalue weighted by atomic mass is 10.1. The van der Waals surface area contributed by atoms with Crippen LogP contribution in [0.15, 0.2) is 78.9 Å². The molecule has 1 N–H and O–H groups in total. The Bertz CT molecular complexity index is 1030. The van der Waals surface area contributed by atoms with E-state index in [4.69, 9.17) is 16.3 Å². The maximum absolute atomic E-state index is 10.9. The number of aliphatic hydroxyl groups is 1. The highest BCUT2D eigenvalue weighted by molar-refractivity contribution is 6.30. The molecule has 0 aliphatic carbocycles. The van der Waals surface area contributed by atoms with Gasteiger partial charge in [0.25, 0.3) is 0 Å². The van der Waals surface area contributed by atoms with E-state index in [1.807, 2.05) is 71.3 Å². The smallest absolute Gasteiger partial charge is 0.143 e. The second-order valence-electron chi connectivity index (χ2n) is 6.23. The lowest BCUT2D eigenvalue weighted by Gasteiger charge is -2.15. The summed E-state index contributed by atoms with van der Waals surface area (Å²) in [6, 6.07) is 24.7. The van der Waals surface area contributed by atoms with Crippen molar-refractivity contribution >= 4 is 22.6 Å². The van der Waals surface area contributed by atoms with Crippen LogP contribution in [0.1, 0.15) is 17.5 Å². The average molecular weight is 379 g/mol. The summed E-state index contributed by atoms with van der Waals surface area (Å²) < 4.78 is 7.85. The van der Waals surface area contributed by atoms with Gasteiger partial charge in [0.2, 0.25) is 0 Å². The third-order valence-electron chi connectivity index (χ3n) is 4.44. The zero-order chi connectivity index (χ0) is 18.6. The first kappa shape index (κ1) is 17.6. The summed E-state index contributed by atoms with van der Waals surface area (Å²) in [6.07, 6.45) is -0.797. The number of halogens is 1. The van der Waals surface area contributed by atoms with Crippen LogP contribution in [0.25, 0.3) is 11.0 Å². The number of aliphatic hydroxyl groups excluding tert-OH is 1. The number of nitrogens with zero attached hydrogens (tertiary/aromatic N) is 2. The molecule has 1 unspecified atom stereocenters. The lowest BCUT2D eigenvalue weighted by molar-refractivity contribution is 0.201. The van der Waals surface area contributed by atoms with E-state index in [0.29, 0.717) is 24.0 Å². The second kappa shape index (κ2) is 7.82. The lowest BCUT2D eigenvalue weighted by Crippen LogP contribution is -2.14. The summed E-state index contributed by atoms with van der Waals surface area (Å²) in [5.41, 5.74) is 2.64. The third kappa shape index (κ3) is 3.82. The minimum atomic E-state index is -0.797. The van der Waals surface area contributed by atoms with Crippen LogP contribution in [0.4, 0.5) is 0 Å². The van der Waals surface area contributed by atoms with Gasteiger partial charge in [-0.15, -0.1) is 0 Å². The number of rotatable bonds is 6. The van der Waals surface area contributed by atoms with Gasteiger partial charge in [0.15, 0.2) is 0 Å². The summed E-state index contributed by atoms with van der Waals surface area (Å²) in [7, 11) is 0. The Labute approximate surface area is 162 Å². The van der Waals surface area contributed by atoms with Gasteiger partial charge in [-0.25, -0.2) is 4.98 Å². The minimum Gasteiger partial charge on any atom is -0.492 e. The van der Waals surface area contributed by atoms with E-state index >= 15 is 0 Å². The highest BCUT2D eigenvalue weighted by atomic mass is 35.5. The number of imidazole rings is 1. The first-order valence-corrected chi connectivity index (χ1v) is 9.17. The molecule has 0 radical (unpaired) electrons. The molecule has 136 valence electrons. The van der Waals surface area contributed by atoms with Gasteiger partial charge in [0.05, 0.1) is 17.6 Å². The summed E-state index contributed by atoms with van der Waals surface area (Å²) >= 11 is 5.91. The van der Waals surface area contributed by atoms with Crippen molar-refractivity contribution in [3.63, 3.8) is 0 Å². The third-order valence-corrected chi connectivity index (χ3v) is 4.69. The fourth-order valence-corrected chi connectivity index (χ4v) is 3.23. The van der Waals surface area contributed by atoms with Crippen molar-refractivity contribution in [1.29, 1.82) is 0 Å². The summed E-state index contributed by atoms with van der Waals surface area (Å²) in [5, 5.41) is 11.6. The van der Waals surface area contributed by atoms with Gasteiger partial charge >= 0.3 is 0 Å². The van der Waals surface area contributed by atoms with Crippen molar-refractivity contribution in [2.24, 2.45) is 0 Å². The normalized spacial score (nSPS) is 12.2. The first-order chi connectivity index (χ1) is 13.2. The van der Waals surface area contributed by atoms with Gasteiger partial charge in [-0.3, -0.25) is 0 Å². The first-order valence-electron chi connectivity index (χ1n) is 8.79. The van der Waals surface area contributed by atoms with Gasteiger partial charge in [-0.05, 0) is 42.0 Å². The van der Waals surface area contributed by atoms with Crippen LogP contribution in [0.3, 0.4) is 0 Å². The summed E-state index contributed by atoms with van der Waals surface area (Å²) in [6.45, 7) is 1.03. The molecular weight excluding hydrogens is 360 g/mol. The monoisotopic (exact) mass is 378 g/mol. The summed E-state index contributed by atoms with van der Waals surface area (Å²) in [5.74, 6) is 1.37. The molecule has 27 heavy (non-hydrogen) atoms. The van der Waals surface area contributed by atoms with Gasteiger partial charge in [0.1, 0.15) is 24.3 Å². The molecule has 0 bridgehead atoms. The molecule has 4 nitrogen and oxygen atoms in total. The van der Waals surface area contributed by atoms with Gasteiger partial charge in [-0.2, -0.15) is 0 Å². The fraction of sp³-hybridized carbons (Fsp3) is 0.136. The van der Waals surface area contributed by atoms with Crippen molar-refractivity contribution in [1.82, 2.24) is 9.55 Å². The minimum absolute atomic E-state index is 0.455. The Balaban J connectivity index is 1.61. The maximum Gasteiger partial charge on any atom is 0.143 e. The second-order valence-corrected chi connectivity index (χ2v) is 6.66. The van der Waals surface area contributed by atoms with E-state index in [2.05, 4.69) is 4.98 Å². The van der Waals surface area contributed by atoms with E-state index < -0.39 is 6.10 Å². The molecule has 0 saturated carbocycles. The standard InChI is InChI=1S/C22H19ClN2O2/c23-17-10-12-18(13-11-17)27-15-14-25-20-9-5-4-8-19(20)24-22(25)21(26)16-6-2-1-3-7-16/h1-13,21,26H,14-15H2. The predicted octanol–water partition coefficient (Wildman–Crippen LogP) is 4.85. The predicted molar refractivity (Wildman–Crippen MR) is 107 cm³/mol. The number of aromatic nitrogens is 2. The molecule has 0 aliphatic heterocycles. The average Bonchev–Trinajstić information content (AvgIpc) is 3.08. The zero-order valence-electron chi connectivity index (χ0n) is 14.6. The van der Waals surface area contributed by atoms with Gasteiger partial charge < -0.3 is 14.4 Å². The molecule has 0 saturated heterocycles. The van der Waals surface area contributed by atoms with Crippen molar-refractivity contribution in [2.45, 2.75) is 12.6 Å². The molecule has 4 rings (SSSR count). The van der Waals surface area contributed by atoms with E-state index in [-0.39, 0.29) is 0 Å². The highest BCUT2D eigenvalue weighted by Crippen LogP contribution is 2.26. The number of hydrogen-bond acceptors (Lipinski definition) is 3. The van der Waals surface area contributed by atoms with E-state index in [0.717, 1.165) is 22.3 Å². The van der Waals surface area contributed by atoms with Crippen LogP contribution in [0.5, 0.6) is 5.75 Å². The Morgan fingerprint density at radius 3 is 2.41 bits per heavy atom. The van der Waals surface area contributed by atoms with Crippen LogP contribution in [0, 0.1) is 0 Å². The van der Waals surface area contributed by atoms with Crippen molar-refractivity contribution in [3.05, 3.63) is 95.3 Å². The Hall–Kier alpha value is -2.82. The Kier molecular flexibility index (Phi) is 5.10. The van der Waals surface area contributed by atoms with Crippen molar-refractivity contribution in [2.75, 3.05) is 6.61 Å². The van der Waals surface area contributed by atoms with Crippen LogP contribution < -0.4 is 4.74 Å². The van der Waals surface area contributed by atoms with Crippen molar-refractivity contribution < 1.29 is 9.84 Å². The van der Waals surface area contributed by atoms with E-state index in [1.54, 1.807) is 12.1 Å². The SMILES string of the molecule is OC(c1ccccc1)c1nc2ccccc2n1CCOc1ccc(Cl)cc1. The molecule has 3 aromatic carbocycles. The number of para-hydroxylation sites is 2. The molecule has 0 amide bonds. The Morgan fingerprint density at radius 2 is 1.63 bits per heavy atom. The van der Waals surface area contributed by atoms with Crippen LogP contribution in [-0.4, -0.2) is 21.3 Å². The largest absolute Gasteiger partial charge is 0.492 e. The fourth-order valence-electron chi connectivity index (χ4n) is 3.11. The molecule has 5 heteroatoms. The number of fused-ring (bicyclic) bond motifs is 1. The zero-order valence-corrected chi connectivity index (χ0v) is 15.4. The van der Waals surface area contributed by atoms with Crippen LogP contribution >= 0.6 is 11.6 Å².